The van der Waals surface area contributed by atoms with E-state index in [4.69, 9.17) is 0 Å². The molecule has 0 spiro atoms. The van der Waals surface area contributed by atoms with Gasteiger partial charge in [0.1, 0.15) is 11.5 Å². The first-order valence-corrected chi connectivity index (χ1v) is 10.1. The Bertz CT molecular complexity index is 1570. The van der Waals surface area contributed by atoms with Crippen LogP contribution in [0.1, 0.15) is 16.8 Å². The molecule has 5 aromatic rings. The Morgan fingerprint density at radius 2 is 1.91 bits per heavy atom. The van der Waals surface area contributed by atoms with Crippen molar-refractivity contribution in [3.05, 3.63) is 95.5 Å². The van der Waals surface area contributed by atoms with Crippen molar-refractivity contribution in [2.24, 2.45) is 7.05 Å². The first kappa shape index (κ1) is 18.3. The Kier molecular flexibility index (Phi) is 4.03. The maximum atomic E-state index is 13.5. The van der Waals surface area contributed by atoms with E-state index >= 15 is 0 Å². The Morgan fingerprint density at radius 1 is 1.03 bits per heavy atom. The lowest BCUT2D eigenvalue weighted by molar-refractivity contribution is 0.627. The third kappa shape index (κ3) is 3.00. The quantitative estimate of drug-likeness (QED) is 0.399. The monoisotopic (exact) mass is 420 g/mol. The summed E-state index contributed by atoms with van der Waals surface area (Å²) in [6, 6.07) is 10.6. The zero-order chi connectivity index (χ0) is 21.7. The molecule has 6 rings (SSSR count). The van der Waals surface area contributed by atoms with Crippen LogP contribution in [0.25, 0.3) is 45.2 Å². The average Bonchev–Trinajstić information content (AvgIpc) is 3.50. The van der Waals surface area contributed by atoms with Crippen molar-refractivity contribution in [2.45, 2.75) is 0 Å². The molecule has 0 fully saturated rings. The molecule has 1 aromatic carbocycles. The number of hydrogen-bond donors (Lipinski definition) is 2. The predicted octanol–water partition coefficient (Wildman–Crippen LogP) is 5.11. The number of aryl methyl sites for hydroxylation is 1. The Hall–Kier alpha value is -4.48. The molecule has 4 aromatic heterocycles. The second-order valence-corrected chi connectivity index (χ2v) is 7.67. The molecule has 32 heavy (non-hydrogen) atoms. The van der Waals surface area contributed by atoms with Crippen LogP contribution in [0.5, 0.6) is 0 Å². The molecular formula is C25H17FN6. The van der Waals surface area contributed by atoms with Gasteiger partial charge in [-0.05, 0) is 47.6 Å². The van der Waals surface area contributed by atoms with E-state index in [9.17, 15) is 4.39 Å². The Morgan fingerprint density at radius 3 is 2.72 bits per heavy atom. The summed E-state index contributed by atoms with van der Waals surface area (Å²) in [5.41, 5.74) is 11.3. The van der Waals surface area contributed by atoms with Gasteiger partial charge in [0.15, 0.2) is 5.65 Å². The van der Waals surface area contributed by atoms with E-state index < -0.39 is 0 Å². The highest BCUT2D eigenvalue weighted by Crippen LogP contribution is 2.35. The fourth-order valence-corrected chi connectivity index (χ4v) is 4.01. The van der Waals surface area contributed by atoms with Gasteiger partial charge in [-0.3, -0.25) is 9.78 Å². The third-order valence-corrected chi connectivity index (χ3v) is 5.58. The zero-order valence-electron chi connectivity index (χ0n) is 17.1. The standard InChI is InChI=1S/C25H17FN6/c1-32-14-17(13-28-32)16-10-21-24(30-31-25(21)27-12-16)23-11-20-19(4-2-3-5-22(20)29-23)15-6-8-18(26)9-7-15/h2,4-14,29H,1H3,(H,27,30,31). The van der Waals surface area contributed by atoms with Crippen molar-refractivity contribution in [1.82, 2.24) is 29.9 Å². The second kappa shape index (κ2) is 7.04. The molecule has 6 nitrogen and oxygen atoms in total. The van der Waals surface area contributed by atoms with Crippen molar-refractivity contribution < 1.29 is 4.39 Å². The maximum Gasteiger partial charge on any atom is 0.155 e. The minimum atomic E-state index is -0.258. The van der Waals surface area contributed by atoms with E-state index in [-0.39, 0.29) is 5.82 Å². The van der Waals surface area contributed by atoms with Crippen molar-refractivity contribution in [2.75, 3.05) is 0 Å². The summed E-state index contributed by atoms with van der Waals surface area (Å²) in [5.74, 6) is -0.258. The number of allylic oxidation sites excluding steroid dienone is 2. The fourth-order valence-electron chi connectivity index (χ4n) is 4.01. The van der Waals surface area contributed by atoms with Crippen LogP contribution in [0.2, 0.25) is 0 Å². The van der Waals surface area contributed by atoms with Crippen LogP contribution >= 0.6 is 0 Å². The van der Waals surface area contributed by atoms with E-state index in [1.165, 1.54) is 12.1 Å². The number of halogens is 1. The summed E-state index contributed by atoms with van der Waals surface area (Å²) in [6.07, 6.45) is 11.3. The number of rotatable bonds is 3. The van der Waals surface area contributed by atoms with Crippen molar-refractivity contribution in [1.29, 1.82) is 0 Å². The van der Waals surface area contributed by atoms with Gasteiger partial charge in [0.05, 0.1) is 17.6 Å². The lowest BCUT2D eigenvalue weighted by atomic mass is 9.97. The second-order valence-electron chi connectivity index (χ2n) is 7.67. The number of nitrogens with zero attached hydrogens (tertiary/aromatic N) is 4. The number of aromatic amines is 2. The molecule has 0 bridgehead atoms. The molecule has 1 aliphatic carbocycles. The summed E-state index contributed by atoms with van der Waals surface area (Å²) >= 11 is 0. The Balaban J connectivity index is 1.48. The van der Waals surface area contributed by atoms with E-state index in [0.717, 1.165) is 50.3 Å². The predicted molar refractivity (Wildman–Crippen MR) is 122 cm³/mol. The molecule has 0 saturated heterocycles. The van der Waals surface area contributed by atoms with Gasteiger partial charge in [-0.2, -0.15) is 10.2 Å². The average molecular weight is 420 g/mol. The minimum absolute atomic E-state index is 0.258. The summed E-state index contributed by atoms with van der Waals surface area (Å²) in [5, 5.41) is 12.7. The van der Waals surface area contributed by atoms with Crippen LogP contribution in [-0.4, -0.2) is 29.9 Å². The van der Waals surface area contributed by atoms with Crippen LogP contribution in [0.3, 0.4) is 0 Å². The molecular weight excluding hydrogens is 403 g/mol. The highest BCUT2D eigenvalue weighted by molar-refractivity contribution is 5.95. The lowest BCUT2D eigenvalue weighted by Crippen LogP contribution is -1.88. The van der Waals surface area contributed by atoms with Gasteiger partial charge < -0.3 is 4.98 Å². The Labute approximate surface area is 182 Å². The lowest BCUT2D eigenvalue weighted by Gasteiger charge is -2.06. The van der Waals surface area contributed by atoms with E-state index in [1.807, 2.05) is 43.9 Å². The number of H-pyrrole nitrogens is 2. The number of nitrogens with one attached hydrogen (secondary N) is 2. The maximum absolute atomic E-state index is 13.5. The smallest absolute Gasteiger partial charge is 0.155 e. The van der Waals surface area contributed by atoms with E-state index in [2.05, 4.69) is 43.1 Å². The molecule has 0 atom stereocenters. The van der Waals surface area contributed by atoms with Crippen LogP contribution < -0.4 is 0 Å². The summed E-state index contributed by atoms with van der Waals surface area (Å²) in [7, 11) is 1.89. The summed E-state index contributed by atoms with van der Waals surface area (Å²) < 4.78 is 15.2. The fraction of sp³-hybridized carbons (Fsp3) is 0.0400. The van der Waals surface area contributed by atoms with Gasteiger partial charge in [0.2, 0.25) is 0 Å². The molecule has 7 heteroatoms. The molecule has 0 unspecified atom stereocenters. The first-order chi connectivity index (χ1) is 15.7. The molecule has 4 heterocycles. The van der Waals surface area contributed by atoms with Gasteiger partial charge in [0, 0.05) is 47.6 Å². The highest BCUT2D eigenvalue weighted by Gasteiger charge is 2.18. The van der Waals surface area contributed by atoms with Crippen molar-refractivity contribution >= 4 is 22.7 Å². The molecule has 0 radical (unpaired) electrons. The van der Waals surface area contributed by atoms with Gasteiger partial charge in [0.25, 0.3) is 0 Å². The summed E-state index contributed by atoms with van der Waals surface area (Å²) in [4.78, 5) is 8.00. The van der Waals surface area contributed by atoms with Gasteiger partial charge in [-0.15, -0.1) is 5.73 Å². The van der Waals surface area contributed by atoms with Gasteiger partial charge in [-0.25, -0.2) is 9.37 Å². The minimum Gasteiger partial charge on any atom is -0.353 e. The van der Waals surface area contributed by atoms with Gasteiger partial charge >= 0.3 is 0 Å². The van der Waals surface area contributed by atoms with Crippen LogP contribution in [0, 0.1) is 5.82 Å². The third-order valence-electron chi connectivity index (χ3n) is 5.58. The zero-order valence-corrected chi connectivity index (χ0v) is 17.1. The van der Waals surface area contributed by atoms with Crippen LogP contribution in [-0.2, 0) is 7.05 Å². The number of benzene rings is 1. The number of aromatic nitrogens is 6. The van der Waals surface area contributed by atoms with E-state index in [1.54, 1.807) is 16.8 Å². The van der Waals surface area contributed by atoms with Crippen LogP contribution in [0.15, 0.2) is 72.9 Å². The van der Waals surface area contributed by atoms with E-state index in [0.29, 0.717) is 5.65 Å². The number of pyridine rings is 1. The topological polar surface area (TPSA) is 75.2 Å². The molecule has 0 saturated carbocycles. The normalized spacial score (nSPS) is 12.8. The van der Waals surface area contributed by atoms with Crippen molar-refractivity contribution in [3.63, 3.8) is 0 Å². The SMILES string of the molecule is Cn1cc(-c2cnc3[nH]nc(-c4cc5c([nH]4)C=C=CC=C5c4ccc(F)cc4)c3c2)cn1. The summed E-state index contributed by atoms with van der Waals surface area (Å²) in [6.45, 7) is 0. The molecule has 1 aliphatic rings. The largest absolute Gasteiger partial charge is 0.353 e. The first-order valence-electron chi connectivity index (χ1n) is 10.1. The van der Waals surface area contributed by atoms with Gasteiger partial charge in [-0.1, -0.05) is 12.1 Å². The molecule has 2 N–H and O–H groups in total. The molecule has 154 valence electrons. The number of fused-ring (bicyclic) bond motifs is 2. The number of hydrogen-bond acceptors (Lipinski definition) is 3. The van der Waals surface area contributed by atoms with Crippen LogP contribution in [0.4, 0.5) is 4.39 Å². The highest BCUT2D eigenvalue weighted by atomic mass is 19.1. The molecule has 0 amide bonds. The van der Waals surface area contributed by atoms with Crippen molar-refractivity contribution in [3.8, 4) is 22.5 Å². The molecule has 0 aliphatic heterocycles.